The second kappa shape index (κ2) is 11.7. The highest BCUT2D eigenvalue weighted by Gasteiger charge is 2.40. The van der Waals surface area contributed by atoms with Crippen molar-refractivity contribution >= 4 is 24.4 Å². The van der Waals surface area contributed by atoms with Crippen LogP contribution in [0.25, 0.3) is 0 Å². The average molecular weight is 492 g/mol. The largest absolute Gasteiger partial charge is 0.445 e. The lowest BCUT2D eigenvalue weighted by Gasteiger charge is -2.43. The molecule has 34 heavy (non-hydrogen) atoms. The molecule has 2 aromatic carbocycles. The van der Waals surface area contributed by atoms with E-state index in [1.54, 1.807) is 17.0 Å². The Bertz CT molecular complexity index is 940. The van der Waals surface area contributed by atoms with Gasteiger partial charge in [-0.05, 0) is 47.9 Å². The Morgan fingerprint density at radius 2 is 1.65 bits per heavy atom. The summed E-state index contributed by atoms with van der Waals surface area (Å²) in [6, 6.07) is 15.2. The molecule has 2 amide bonds. The third-order valence-corrected chi connectivity index (χ3v) is 6.27. The Balaban J connectivity index is 0.00000408. The maximum absolute atomic E-state index is 13.4. The number of likely N-dealkylation sites (tertiary alicyclic amines) is 1. The molecule has 1 fully saturated rings. The molecule has 0 saturated carbocycles. The molecule has 0 spiro atoms. The van der Waals surface area contributed by atoms with E-state index < -0.39 is 17.7 Å². The van der Waals surface area contributed by atoms with Gasteiger partial charge in [-0.3, -0.25) is 4.79 Å². The average Bonchev–Trinajstić information content (AvgIpc) is 2.79. The maximum Gasteiger partial charge on any atom is 0.407 e. The molecule has 1 aliphatic rings. The fourth-order valence-corrected chi connectivity index (χ4v) is 4.04. The number of nitrogens with zero attached hydrogens (tertiary/aromatic N) is 1. The SMILES string of the molecule is CC(C)(C)C(N)C(=O)N1CCC(Cc2ccc(F)cc2)(NC(=O)OCc2ccccc2)CC1.Cl. The Morgan fingerprint density at radius 3 is 2.21 bits per heavy atom. The Labute approximate surface area is 207 Å². The first-order valence-electron chi connectivity index (χ1n) is 11.4. The molecule has 1 atom stereocenters. The van der Waals surface area contributed by atoms with Crippen LogP contribution in [0.1, 0.15) is 44.7 Å². The smallest absolute Gasteiger partial charge is 0.407 e. The number of hydrogen-bond acceptors (Lipinski definition) is 4. The molecular weight excluding hydrogens is 457 g/mol. The van der Waals surface area contributed by atoms with Gasteiger partial charge in [0.25, 0.3) is 0 Å². The number of ether oxygens (including phenoxy) is 1. The van der Waals surface area contributed by atoms with Gasteiger partial charge in [-0.15, -0.1) is 12.4 Å². The third-order valence-electron chi connectivity index (χ3n) is 6.27. The fourth-order valence-electron chi connectivity index (χ4n) is 4.04. The van der Waals surface area contributed by atoms with Gasteiger partial charge in [0.15, 0.2) is 0 Å². The highest BCUT2D eigenvalue weighted by molar-refractivity contribution is 5.85. The van der Waals surface area contributed by atoms with Crippen molar-refractivity contribution in [2.75, 3.05) is 13.1 Å². The predicted octanol–water partition coefficient (Wildman–Crippen LogP) is 4.45. The monoisotopic (exact) mass is 491 g/mol. The molecule has 1 aliphatic heterocycles. The zero-order valence-electron chi connectivity index (χ0n) is 20.1. The first kappa shape index (κ1) is 27.6. The van der Waals surface area contributed by atoms with Crippen molar-refractivity contribution in [3.8, 4) is 0 Å². The molecule has 0 aromatic heterocycles. The van der Waals surface area contributed by atoms with E-state index in [0.717, 1.165) is 11.1 Å². The van der Waals surface area contributed by atoms with Gasteiger partial charge in [-0.2, -0.15) is 0 Å². The van der Waals surface area contributed by atoms with Crippen molar-refractivity contribution in [2.24, 2.45) is 11.1 Å². The number of nitrogens with one attached hydrogen (secondary N) is 1. The van der Waals surface area contributed by atoms with E-state index in [-0.39, 0.29) is 36.2 Å². The van der Waals surface area contributed by atoms with Gasteiger partial charge < -0.3 is 20.7 Å². The van der Waals surface area contributed by atoms with E-state index in [2.05, 4.69) is 5.32 Å². The van der Waals surface area contributed by atoms with E-state index in [1.165, 1.54) is 12.1 Å². The zero-order valence-corrected chi connectivity index (χ0v) is 20.9. The zero-order chi connectivity index (χ0) is 24.1. The van der Waals surface area contributed by atoms with Gasteiger partial charge in [0.2, 0.25) is 5.91 Å². The molecule has 3 N–H and O–H groups in total. The number of carbonyl (C=O) groups is 2. The summed E-state index contributed by atoms with van der Waals surface area (Å²) < 4.78 is 18.9. The first-order chi connectivity index (χ1) is 15.6. The van der Waals surface area contributed by atoms with Gasteiger partial charge in [-0.1, -0.05) is 63.2 Å². The molecule has 8 heteroatoms. The van der Waals surface area contributed by atoms with Gasteiger partial charge in [0.1, 0.15) is 12.4 Å². The second-order valence-corrected chi connectivity index (χ2v) is 9.94. The minimum atomic E-state index is -0.603. The summed E-state index contributed by atoms with van der Waals surface area (Å²) in [5.74, 6) is -0.385. The number of alkyl carbamates (subject to hydrolysis) is 1. The molecule has 1 heterocycles. The van der Waals surface area contributed by atoms with Crippen molar-refractivity contribution in [1.29, 1.82) is 0 Å². The van der Waals surface area contributed by atoms with E-state index in [9.17, 15) is 14.0 Å². The molecule has 1 unspecified atom stereocenters. The summed E-state index contributed by atoms with van der Waals surface area (Å²) in [7, 11) is 0. The van der Waals surface area contributed by atoms with E-state index in [1.807, 2.05) is 51.1 Å². The van der Waals surface area contributed by atoms with Crippen LogP contribution in [0.15, 0.2) is 54.6 Å². The predicted molar refractivity (Wildman–Crippen MR) is 133 cm³/mol. The van der Waals surface area contributed by atoms with Crippen molar-refractivity contribution < 1.29 is 18.7 Å². The molecule has 0 radical (unpaired) electrons. The van der Waals surface area contributed by atoms with Crippen LogP contribution in [0.2, 0.25) is 0 Å². The van der Waals surface area contributed by atoms with Crippen LogP contribution in [0.4, 0.5) is 9.18 Å². The van der Waals surface area contributed by atoms with E-state index in [4.69, 9.17) is 10.5 Å². The highest BCUT2D eigenvalue weighted by Crippen LogP contribution is 2.29. The molecule has 2 aromatic rings. The quantitative estimate of drug-likeness (QED) is 0.625. The first-order valence-corrected chi connectivity index (χ1v) is 11.4. The lowest BCUT2D eigenvalue weighted by molar-refractivity contribution is -0.136. The van der Waals surface area contributed by atoms with Crippen molar-refractivity contribution in [1.82, 2.24) is 10.2 Å². The molecule has 3 rings (SSSR count). The summed E-state index contributed by atoms with van der Waals surface area (Å²) in [5, 5.41) is 3.06. The van der Waals surface area contributed by atoms with Crippen molar-refractivity contribution in [3.63, 3.8) is 0 Å². The molecule has 0 bridgehead atoms. The number of carbonyl (C=O) groups excluding carboxylic acids is 2. The van der Waals surface area contributed by atoms with E-state index in [0.29, 0.717) is 32.4 Å². The van der Waals surface area contributed by atoms with Crippen LogP contribution in [-0.4, -0.2) is 41.6 Å². The number of benzene rings is 2. The van der Waals surface area contributed by atoms with Crippen LogP contribution in [0, 0.1) is 11.2 Å². The van der Waals surface area contributed by atoms with Crippen LogP contribution in [0.3, 0.4) is 0 Å². The molecule has 0 aliphatic carbocycles. The number of piperidine rings is 1. The van der Waals surface area contributed by atoms with Crippen molar-refractivity contribution in [3.05, 3.63) is 71.5 Å². The number of halogens is 2. The van der Waals surface area contributed by atoms with Crippen molar-refractivity contribution in [2.45, 2.75) is 58.2 Å². The number of amides is 2. The van der Waals surface area contributed by atoms with Crippen LogP contribution in [-0.2, 0) is 22.6 Å². The Morgan fingerprint density at radius 1 is 1.06 bits per heavy atom. The number of rotatable bonds is 6. The second-order valence-electron chi connectivity index (χ2n) is 9.94. The lowest BCUT2D eigenvalue weighted by Crippen LogP contribution is -2.60. The normalized spacial score (nSPS) is 16.2. The number of nitrogens with two attached hydrogens (primary N) is 1. The van der Waals surface area contributed by atoms with Crippen LogP contribution < -0.4 is 11.1 Å². The molecule has 186 valence electrons. The van der Waals surface area contributed by atoms with Gasteiger partial charge in [0.05, 0.1) is 11.6 Å². The molecule has 1 saturated heterocycles. The maximum atomic E-state index is 13.4. The minimum absolute atomic E-state index is 0. The summed E-state index contributed by atoms with van der Waals surface area (Å²) in [4.78, 5) is 27.3. The van der Waals surface area contributed by atoms with Gasteiger partial charge in [0, 0.05) is 13.1 Å². The highest BCUT2D eigenvalue weighted by atomic mass is 35.5. The standard InChI is InChI=1S/C26H34FN3O3.ClH/c1-25(2,3)22(28)23(31)30-15-13-26(14-16-30,17-19-9-11-21(27)12-10-19)29-24(32)33-18-20-7-5-4-6-8-20;/h4-12,22H,13-18,28H2,1-3H3,(H,29,32);1H. The minimum Gasteiger partial charge on any atom is -0.445 e. The molecular formula is C26H35ClFN3O3. The van der Waals surface area contributed by atoms with E-state index >= 15 is 0 Å². The lowest BCUT2D eigenvalue weighted by atomic mass is 9.80. The summed E-state index contributed by atoms with van der Waals surface area (Å²) >= 11 is 0. The summed E-state index contributed by atoms with van der Waals surface area (Å²) in [6.45, 7) is 6.96. The number of hydrogen-bond donors (Lipinski definition) is 2. The molecule has 6 nitrogen and oxygen atoms in total. The van der Waals surface area contributed by atoms with Crippen LogP contribution >= 0.6 is 12.4 Å². The topological polar surface area (TPSA) is 84.7 Å². The van der Waals surface area contributed by atoms with Crippen LogP contribution in [0.5, 0.6) is 0 Å². The van der Waals surface area contributed by atoms with Gasteiger partial charge >= 0.3 is 6.09 Å². The third kappa shape index (κ3) is 7.43. The summed E-state index contributed by atoms with van der Waals surface area (Å²) in [5.41, 5.74) is 7.06. The fraction of sp³-hybridized carbons (Fsp3) is 0.462. The Hall–Kier alpha value is -2.64. The summed E-state index contributed by atoms with van der Waals surface area (Å²) in [6.07, 6.45) is 1.11. The Kier molecular flexibility index (Phi) is 9.47. The van der Waals surface area contributed by atoms with Gasteiger partial charge in [-0.25, -0.2) is 9.18 Å².